The van der Waals surface area contributed by atoms with E-state index in [1.165, 1.54) is 0 Å². The summed E-state index contributed by atoms with van der Waals surface area (Å²) < 4.78 is 115. The van der Waals surface area contributed by atoms with E-state index in [2.05, 4.69) is 9.97 Å². The first-order chi connectivity index (χ1) is 36.6. The number of H-pyrrole nitrogens is 2. The standard InChI is InChI=1S/C60H54N4O8S4/c65-73(66,37-13-5-1-6-14-37)41-21-25-45-49(29-41)57-33-54-46-26-22-42(74(67,68)38-15-7-2-8-16-38)30-50(46)59(62-54)35-56-48-28-24-44(76(71,72)40-19-11-4-12-20-40)32-52(48)60(64-56)36-55-47-27-23-43(75(69,70)39-17-9-3-10-18-39)31-51(47)58(63-55)34-53(45)61-57/h1-20,33-36,41-44,61-62H,21-32H2. The number of hydrogen-bond acceptors (Lipinski definition) is 10. The molecule has 0 saturated heterocycles. The van der Waals surface area contributed by atoms with Gasteiger partial charge >= 0.3 is 0 Å². The Labute approximate surface area is 442 Å². The van der Waals surface area contributed by atoms with Crippen molar-refractivity contribution in [3.05, 3.63) is 191 Å². The number of allylic oxidation sites excluding steroid dienone is 4. The first-order valence-electron chi connectivity index (χ1n) is 26.0. The molecule has 2 aliphatic heterocycles. The Morgan fingerprint density at radius 2 is 0.605 bits per heavy atom. The van der Waals surface area contributed by atoms with Gasteiger partial charge in [-0.25, -0.2) is 43.6 Å². The fourth-order valence-electron chi connectivity index (χ4n) is 12.8. The molecule has 0 amide bonds. The summed E-state index contributed by atoms with van der Waals surface area (Å²) in [6.07, 6.45) is 4.22. The van der Waals surface area contributed by atoms with Gasteiger partial charge in [-0.2, -0.15) is 0 Å². The van der Waals surface area contributed by atoms with Crippen molar-refractivity contribution in [1.82, 2.24) is 19.9 Å². The van der Waals surface area contributed by atoms with E-state index in [1.807, 2.05) is 24.3 Å². The molecule has 4 aromatic carbocycles. The van der Waals surface area contributed by atoms with Crippen LogP contribution in [0, 0.1) is 0 Å². The van der Waals surface area contributed by atoms with Crippen molar-refractivity contribution in [2.75, 3.05) is 0 Å². The molecule has 386 valence electrons. The van der Waals surface area contributed by atoms with Gasteiger partial charge in [0.1, 0.15) is 0 Å². The summed E-state index contributed by atoms with van der Waals surface area (Å²) in [5.41, 5.74) is 12.6. The molecular weight excluding hydrogens is 1030 g/mol. The molecule has 12 nitrogen and oxygen atoms in total. The molecule has 4 unspecified atom stereocenters. The quantitative estimate of drug-likeness (QED) is 0.148. The number of nitrogens with one attached hydrogen (secondary N) is 2. The number of sulfone groups is 4. The molecule has 0 fully saturated rings. The van der Waals surface area contributed by atoms with Gasteiger partial charge in [0.2, 0.25) is 0 Å². The number of nitrogens with zero attached hydrogens (tertiary/aromatic N) is 2. The zero-order valence-electron chi connectivity index (χ0n) is 41.4. The van der Waals surface area contributed by atoms with Crippen molar-refractivity contribution in [1.29, 1.82) is 0 Å². The van der Waals surface area contributed by atoms with Gasteiger partial charge < -0.3 is 9.97 Å². The van der Waals surface area contributed by atoms with Crippen LogP contribution in [0.4, 0.5) is 0 Å². The first-order valence-corrected chi connectivity index (χ1v) is 32.2. The van der Waals surface area contributed by atoms with Crippen LogP contribution >= 0.6 is 0 Å². The lowest BCUT2D eigenvalue weighted by Gasteiger charge is -2.25. The highest BCUT2D eigenvalue weighted by Gasteiger charge is 2.40. The molecule has 4 aliphatic carbocycles. The molecule has 6 aliphatic rings. The smallest absolute Gasteiger partial charge is 0.181 e. The second-order valence-corrected chi connectivity index (χ2v) is 29.9. The van der Waals surface area contributed by atoms with E-state index in [-0.39, 0.29) is 45.3 Å². The molecule has 0 spiro atoms. The number of fused-ring (bicyclic) bond motifs is 18. The summed E-state index contributed by atoms with van der Waals surface area (Å²) in [7, 11) is -14.9. The zero-order valence-corrected chi connectivity index (χ0v) is 44.7. The molecule has 2 N–H and O–H groups in total. The van der Waals surface area contributed by atoms with Gasteiger partial charge in [0.05, 0.1) is 63.4 Å². The molecular formula is C60H54N4O8S4. The van der Waals surface area contributed by atoms with E-state index in [9.17, 15) is 33.7 Å². The summed E-state index contributed by atoms with van der Waals surface area (Å²) in [5.74, 6) is 0. The molecule has 16 heteroatoms. The SMILES string of the molecule is O=S(=O)(c1ccccc1)C1CCC2=C(C1)c1cc3nc(cc4[nH]c(cc5[nH]c(cc2n1)c1c5CCC(S(=O)(=O)c2ccccc2)C1)c1c4CCC(S(=O)(=O)c2ccccc2)C1)C1=C3CCC(S(=O)(=O)c2ccccc2)C1. The van der Waals surface area contributed by atoms with Crippen LogP contribution in [-0.2, 0) is 65.0 Å². The molecule has 8 bridgehead atoms. The minimum Gasteiger partial charge on any atom is -0.355 e. The van der Waals surface area contributed by atoms with Crippen LogP contribution in [0.25, 0.3) is 44.4 Å². The van der Waals surface area contributed by atoms with Gasteiger partial charge in [-0.15, -0.1) is 0 Å². The molecule has 7 aromatic rings. The third-order valence-corrected chi connectivity index (χ3v) is 25.6. The van der Waals surface area contributed by atoms with Crippen LogP contribution in [0.15, 0.2) is 165 Å². The molecule has 76 heavy (non-hydrogen) atoms. The largest absolute Gasteiger partial charge is 0.355 e. The average Bonchev–Trinajstić information content (AvgIpc) is 4.19. The predicted octanol–water partition coefficient (Wildman–Crippen LogP) is 10.9. The third-order valence-electron chi connectivity index (χ3n) is 16.8. The first kappa shape index (κ1) is 48.9. The molecule has 5 heterocycles. The number of aromatic nitrogens is 4. The normalized spacial score (nSPS) is 20.8. The van der Waals surface area contributed by atoms with Crippen LogP contribution in [0.1, 0.15) is 96.4 Å². The van der Waals surface area contributed by atoms with E-state index >= 15 is 0 Å². The summed E-state index contributed by atoms with van der Waals surface area (Å²) in [4.78, 5) is 19.2. The minimum absolute atomic E-state index is 0.218. The van der Waals surface area contributed by atoms with E-state index in [0.29, 0.717) is 79.7 Å². The monoisotopic (exact) mass is 1090 g/mol. The average molecular weight is 1090 g/mol. The minimum atomic E-state index is -3.74. The van der Waals surface area contributed by atoms with Crippen LogP contribution in [0.2, 0.25) is 0 Å². The van der Waals surface area contributed by atoms with Gasteiger partial charge in [0.15, 0.2) is 39.3 Å². The Morgan fingerprint density at radius 1 is 0.316 bits per heavy atom. The van der Waals surface area contributed by atoms with E-state index in [0.717, 1.165) is 61.1 Å². The molecule has 0 radical (unpaired) electrons. The molecule has 3 aromatic heterocycles. The highest BCUT2D eigenvalue weighted by atomic mass is 32.2. The molecule has 0 saturated carbocycles. The summed E-state index contributed by atoms with van der Waals surface area (Å²) in [5, 5.41) is -2.82. The fourth-order valence-corrected chi connectivity index (χ4v) is 19.7. The summed E-state index contributed by atoms with van der Waals surface area (Å²) in [6.45, 7) is 0. The van der Waals surface area contributed by atoms with Gasteiger partial charge in [-0.3, -0.25) is 0 Å². The Morgan fingerprint density at radius 3 is 1.00 bits per heavy atom. The number of hydrogen-bond donors (Lipinski definition) is 2. The topological polar surface area (TPSA) is 194 Å². The Hall–Kier alpha value is -6.72. The maximum Gasteiger partial charge on any atom is 0.181 e. The lowest BCUT2D eigenvalue weighted by Crippen LogP contribution is -2.28. The summed E-state index contributed by atoms with van der Waals surface area (Å²) >= 11 is 0. The van der Waals surface area contributed by atoms with E-state index in [1.54, 1.807) is 121 Å². The maximum atomic E-state index is 14.4. The van der Waals surface area contributed by atoms with Gasteiger partial charge in [0, 0.05) is 22.1 Å². The predicted molar refractivity (Wildman–Crippen MR) is 296 cm³/mol. The van der Waals surface area contributed by atoms with Crippen LogP contribution in [0.3, 0.4) is 0 Å². The second-order valence-electron chi connectivity index (χ2n) is 21.0. The van der Waals surface area contributed by atoms with Crippen molar-refractivity contribution in [2.24, 2.45) is 0 Å². The Balaban J connectivity index is 1.04. The van der Waals surface area contributed by atoms with Crippen LogP contribution < -0.4 is 0 Å². The van der Waals surface area contributed by atoms with Crippen molar-refractivity contribution < 1.29 is 33.7 Å². The Bertz CT molecular complexity index is 4250. The maximum absolute atomic E-state index is 14.4. The highest BCUT2D eigenvalue weighted by Crippen LogP contribution is 2.48. The van der Waals surface area contributed by atoms with Crippen molar-refractivity contribution >= 4 is 83.7 Å². The number of aromatic amines is 2. The lowest BCUT2D eigenvalue weighted by molar-refractivity contribution is 0.562. The Kier molecular flexibility index (Phi) is 11.9. The number of aryl methyl sites for hydroxylation is 2. The summed E-state index contributed by atoms with van der Waals surface area (Å²) in [6, 6.07) is 42.2. The second kappa shape index (κ2) is 18.5. The van der Waals surface area contributed by atoms with Crippen LogP contribution in [0.5, 0.6) is 0 Å². The van der Waals surface area contributed by atoms with Gasteiger partial charge in [-0.1, -0.05) is 72.8 Å². The number of benzene rings is 4. The third kappa shape index (κ3) is 8.25. The van der Waals surface area contributed by atoms with Gasteiger partial charge in [-0.05, 0) is 194 Å². The van der Waals surface area contributed by atoms with Crippen molar-refractivity contribution in [3.8, 4) is 0 Å². The zero-order chi connectivity index (χ0) is 52.1. The van der Waals surface area contributed by atoms with Crippen LogP contribution in [-0.4, -0.2) is 74.6 Å². The number of rotatable bonds is 8. The van der Waals surface area contributed by atoms with E-state index in [4.69, 9.17) is 9.97 Å². The van der Waals surface area contributed by atoms with Crippen molar-refractivity contribution in [3.63, 3.8) is 0 Å². The molecule has 13 rings (SSSR count). The van der Waals surface area contributed by atoms with Gasteiger partial charge in [0.25, 0.3) is 0 Å². The molecule has 4 atom stereocenters. The van der Waals surface area contributed by atoms with E-state index < -0.39 is 60.3 Å². The fraction of sp³-hybridized carbons (Fsp3) is 0.267. The highest BCUT2D eigenvalue weighted by molar-refractivity contribution is 7.93. The van der Waals surface area contributed by atoms with Crippen molar-refractivity contribution in [2.45, 2.75) is 118 Å². The lowest BCUT2D eigenvalue weighted by atomic mass is 9.87.